The normalized spacial score (nSPS) is 14.8. The van der Waals surface area contributed by atoms with Gasteiger partial charge in [-0.25, -0.2) is 4.98 Å². The maximum atomic E-state index is 5.79. The molecule has 1 aromatic heterocycles. The van der Waals surface area contributed by atoms with Crippen LogP contribution in [0, 0.1) is 0 Å². The number of aromatic nitrogens is 3. The van der Waals surface area contributed by atoms with E-state index in [4.69, 9.17) is 4.74 Å². The Bertz CT molecular complexity index is 313. The Labute approximate surface area is 104 Å². The van der Waals surface area contributed by atoms with Gasteiger partial charge in [-0.2, -0.15) is 5.10 Å². The van der Waals surface area contributed by atoms with Crippen LogP contribution in [0.2, 0.25) is 0 Å². The fourth-order valence-electron chi connectivity index (χ4n) is 1.94. The van der Waals surface area contributed by atoms with E-state index in [2.05, 4.69) is 29.2 Å². The second-order valence-electron chi connectivity index (χ2n) is 4.08. The first-order valence-electron chi connectivity index (χ1n) is 6.43. The average molecular weight is 240 g/mol. The van der Waals surface area contributed by atoms with Crippen molar-refractivity contribution in [1.82, 2.24) is 20.1 Å². The van der Waals surface area contributed by atoms with Gasteiger partial charge in [0.15, 0.2) is 0 Å². The first-order chi connectivity index (χ1) is 8.24. The summed E-state index contributed by atoms with van der Waals surface area (Å²) in [5.41, 5.74) is 0. The third kappa shape index (κ3) is 3.78. The smallest absolute Gasteiger partial charge is 0.146 e. The minimum Gasteiger partial charge on any atom is -0.376 e. The van der Waals surface area contributed by atoms with Crippen molar-refractivity contribution in [3.05, 3.63) is 12.2 Å². The van der Waals surface area contributed by atoms with E-state index in [0.29, 0.717) is 0 Å². The molecule has 0 aliphatic rings. The van der Waals surface area contributed by atoms with E-state index in [1.807, 2.05) is 18.7 Å². The van der Waals surface area contributed by atoms with Crippen LogP contribution in [0.3, 0.4) is 0 Å². The summed E-state index contributed by atoms with van der Waals surface area (Å²) in [5, 5.41) is 7.63. The van der Waals surface area contributed by atoms with Crippen molar-refractivity contribution in [2.24, 2.45) is 7.05 Å². The highest BCUT2D eigenvalue weighted by molar-refractivity contribution is 4.97. The highest BCUT2D eigenvalue weighted by atomic mass is 16.5. The van der Waals surface area contributed by atoms with E-state index >= 15 is 0 Å². The molecule has 1 aromatic rings. The fourth-order valence-corrected chi connectivity index (χ4v) is 1.94. The summed E-state index contributed by atoms with van der Waals surface area (Å²) in [6, 6.07) is 0.118. The van der Waals surface area contributed by atoms with Gasteiger partial charge in [-0.3, -0.25) is 4.68 Å². The summed E-state index contributed by atoms with van der Waals surface area (Å²) in [6.07, 6.45) is 3.79. The van der Waals surface area contributed by atoms with Crippen molar-refractivity contribution in [1.29, 1.82) is 0 Å². The minimum absolute atomic E-state index is 0.118. The lowest BCUT2D eigenvalue weighted by molar-refractivity contribution is 0.0282. The van der Waals surface area contributed by atoms with E-state index in [9.17, 15) is 0 Å². The number of aryl methyl sites for hydroxylation is 1. The molecular weight excluding hydrogens is 216 g/mol. The fraction of sp³-hybridized carbons (Fsp3) is 0.833. The lowest BCUT2D eigenvalue weighted by atomic mass is 10.1. The highest BCUT2D eigenvalue weighted by Crippen LogP contribution is 2.19. The summed E-state index contributed by atoms with van der Waals surface area (Å²) in [5.74, 6) is 0.943. The summed E-state index contributed by atoms with van der Waals surface area (Å²) in [4.78, 5) is 4.33. The van der Waals surface area contributed by atoms with Gasteiger partial charge in [-0.05, 0) is 26.3 Å². The van der Waals surface area contributed by atoms with Crippen LogP contribution in [0.4, 0.5) is 0 Å². The predicted octanol–water partition coefficient (Wildman–Crippen LogP) is 1.67. The van der Waals surface area contributed by atoms with E-state index in [-0.39, 0.29) is 12.1 Å². The van der Waals surface area contributed by atoms with E-state index in [1.165, 1.54) is 0 Å². The summed E-state index contributed by atoms with van der Waals surface area (Å²) in [7, 11) is 1.92. The molecule has 17 heavy (non-hydrogen) atoms. The molecule has 2 atom stereocenters. The number of hydrogen-bond acceptors (Lipinski definition) is 4. The second-order valence-corrected chi connectivity index (χ2v) is 4.08. The van der Waals surface area contributed by atoms with Crippen molar-refractivity contribution in [3.8, 4) is 0 Å². The molecule has 0 fully saturated rings. The van der Waals surface area contributed by atoms with Gasteiger partial charge in [0.1, 0.15) is 12.2 Å². The van der Waals surface area contributed by atoms with Gasteiger partial charge in [0.05, 0.1) is 12.1 Å². The van der Waals surface area contributed by atoms with Crippen LogP contribution < -0.4 is 5.32 Å². The van der Waals surface area contributed by atoms with Crippen LogP contribution in [-0.4, -0.2) is 34.0 Å². The zero-order chi connectivity index (χ0) is 12.7. The lowest BCUT2D eigenvalue weighted by Gasteiger charge is -2.26. The molecule has 1 rings (SSSR count). The van der Waals surface area contributed by atoms with Crippen LogP contribution in [0.15, 0.2) is 6.33 Å². The number of hydrogen-bond donors (Lipinski definition) is 1. The van der Waals surface area contributed by atoms with Gasteiger partial charge >= 0.3 is 0 Å². The molecule has 0 aromatic carbocycles. The van der Waals surface area contributed by atoms with Crippen molar-refractivity contribution >= 4 is 0 Å². The molecule has 0 saturated heterocycles. The highest BCUT2D eigenvalue weighted by Gasteiger charge is 2.25. The van der Waals surface area contributed by atoms with Crippen molar-refractivity contribution in [2.75, 3.05) is 13.2 Å². The molecule has 0 bridgehead atoms. The van der Waals surface area contributed by atoms with Gasteiger partial charge in [-0.15, -0.1) is 0 Å². The Kier molecular flexibility index (Phi) is 6.15. The summed E-state index contributed by atoms with van der Waals surface area (Å²) in [6.45, 7) is 8.00. The number of ether oxygens (including phenoxy) is 1. The van der Waals surface area contributed by atoms with Crippen molar-refractivity contribution < 1.29 is 4.74 Å². The van der Waals surface area contributed by atoms with Crippen LogP contribution >= 0.6 is 0 Å². The van der Waals surface area contributed by atoms with Crippen LogP contribution in [0.5, 0.6) is 0 Å². The molecule has 0 radical (unpaired) electrons. The molecule has 98 valence electrons. The minimum atomic E-state index is 0.118. The Morgan fingerprint density at radius 3 is 2.65 bits per heavy atom. The number of nitrogens with zero attached hydrogens (tertiary/aromatic N) is 3. The Balaban J connectivity index is 2.82. The largest absolute Gasteiger partial charge is 0.376 e. The predicted molar refractivity (Wildman–Crippen MR) is 67.7 cm³/mol. The molecule has 0 saturated carbocycles. The Morgan fingerprint density at radius 2 is 2.18 bits per heavy atom. The van der Waals surface area contributed by atoms with E-state index < -0.39 is 0 Å². The standard InChI is InChI=1S/C12H24N4O/c1-5-8-13-11(10(6-2)17-7-3)12-14-9-15-16(12)4/h9-11,13H,5-8H2,1-4H3. The molecule has 5 nitrogen and oxygen atoms in total. The number of rotatable bonds is 8. The van der Waals surface area contributed by atoms with Crippen molar-refractivity contribution in [3.63, 3.8) is 0 Å². The lowest BCUT2D eigenvalue weighted by Crippen LogP contribution is -2.36. The van der Waals surface area contributed by atoms with Crippen molar-refractivity contribution in [2.45, 2.75) is 45.8 Å². The van der Waals surface area contributed by atoms with Gasteiger partial charge < -0.3 is 10.1 Å². The molecule has 0 spiro atoms. The van der Waals surface area contributed by atoms with Crippen LogP contribution in [0.25, 0.3) is 0 Å². The van der Waals surface area contributed by atoms with Gasteiger partial charge in [0.2, 0.25) is 0 Å². The van der Waals surface area contributed by atoms with E-state index in [0.717, 1.165) is 31.8 Å². The first-order valence-corrected chi connectivity index (χ1v) is 6.43. The average Bonchev–Trinajstić information content (AvgIpc) is 2.75. The van der Waals surface area contributed by atoms with Gasteiger partial charge in [0.25, 0.3) is 0 Å². The SMILES string of the molecule is CCCNC(c1ncnn1C)C(CC)OCC. The summed E-state index contributed by atoms with van der Waals surface area (Å²) < 4.78 is 7.60. The van der Waals surface area contributed by atoms with Crippen LogP contribution in [0.1, 0.15) is 45.5 Å². The molecule has 1 N–H and O–H groups in total. The zero-order valence-electron chi connectivity index (χ0n) is 11.3. The molecular formula is C12H24N4O. The quantitative estimate of drug-likeness (QED) is 0.751. The summed E-state index contributed by atoms with van der Waals surface area (Å²) >= 11 is 0. The van der Waals surface area contributed by atoms with Gasteiger partial charge in [-0.1, -0.05) is 13.8 Å². The maximum Gasteiger partial charge on any atom is 0.146 e. The second kappa shape index (κ2) is 7.40. The molecule has 5 heteroatoms. The Hall–Kier alpha value is -0.940. The maximum absolute atomic E-state index is 5.79. The molecule has 0 aliphatic carbocycles. The van der Waals surface area contributed by atoms with Gasteiger partial charge in [0, 0.05) is 13.7 Å². The zero-order valence-corrected chi connectivity index (χ0v) is 11.3. The monoisotopic (exact) mass is 240 g/mol. The van der Waals surface area contributed by atoms with E-state index in [1.54, 1.807) is 6.33 Å². The van der Waals surface area contributed by atoms with Crippen LogP contribution in [-0.2, 0) is 11.8 Å². The Morgan fingerprint density at radius 1 is 1.41 bits per heavy atom. The first kappa shape index (κ1) is 14.1. The molecule has 1 heterocycles. The molecule has 2 unspecified atom stereocenters. The molecule has 0 amide bonds. The molecule has 0 aliphatic heterocycles. The third-order valence-electron chi connectivity index (χ3n) is 2.79. The topological polar surface area (TPSA) is 52.0 Å². The third-order valence-corrected chi connectivity index (χ3v) is 2.79. The number of nitrogens with one attached hydrogen (secondary N) is 1.